The van der Waals surface area contributed by atoms with E-state index in [4.69, 9.17) is 33.3 Å². The first-order valence-electron chi connectivity index (χ1n) is 10.9. The number of ether oxygens (including phenoxy) is 2. The molecule has 2 heterocycles. The molecular formula is C24H22ClN3O5S2. The van der Waals surface area contributed by atoms with E-state index in [-0.39, 0.29) is 25.0 Å². The lowest BCUT2D eigenvalue weighted by Gasteiger charge is -2.14. The van der Waals surface area contributed by atoms with E-state index in [2.05, 4.69) is 10.9 Å². The molecule has 2 N–H and O–H groups in total. The molecule has 1 saturated heterocycles. The van der Waals surface area contributed by atoms with Crippen LogP contribution in [0.1, 0.15) is 41.6 Å². The third-order valence-electron chi connectivity index (χ3n) is 5.26. The first kappa shape index (κ1) is 25.0. The lowest BCUT2D eigenvalue weighted by Crippen LogP contribution is -2.41. The number of hydrazine groups is 1. The maximum Gasteiger partial charge on any atom is 0.269 e. The Morgan fingerprint density at radius 2 is 1.91 bits per heavy atom. The third-order valence-corrected chi connectivity index (χ3v) is 6.87. The summed E-state index contributed by atoms with van der Waals surface area (Å²) >= 11 is 12.5. The number of nitrogens with zero attached hydrogens (tertiary/aromatic N) is 1. The fourth-order valence-corrected chi connectivity index (χ4v) is 4.97. The number of fused-ring (bicyclic) bond motifs is 1. The molecule has 0 radical (unpaired) electrons. The van der Waals surface area contributed by atoms with Crippen LogP contribution >= 0.6 is 35.6 Å². The van der Waals surface area contributed by atoms with Crippen molar-refractivity contribution in [2.75, 3.05) is 13.3 Å². The van der Waals surface area contributed by atoms with Crippen LogP contribution in [0.2, 0.25) is 5.02 Å². The molecule has 0 aliphatic carbocycles. The maximum absolute atomic E-state index is 12.8. The highest BCUT2D eigenvalue weighted by molar-refractivity contribution is 8.26. The van der Waals surface area contributed by atoms with E-state index in [0.717, 1.165) is 12.0 Å². The van der Waals surface area contributed by atoms with Gasteiger partial charge in [-0.3, -0.25) is 30.1 Å². The zero-order valence-corrected chi connectivity index (χ0v) is 20.9. The van der Waals surface area contributed by atoms with Gasteiger partial charge in [-0.2, -0.15) is 0 Å². The first-order valence-corrected chi connectivity index (χ1v) is 12.5. The predicted molar refractivity (Wildman–Crippen MR) is 138 cm³/mol. The number of carbonyl (C=O) groups excluding carboxylic acids is 3. The Bertz CT molecular complexity index is 1200. The Labute approximate surface area is 216 Å². The normalized spacial score (nSPS) is 15.6. The minimum absolute atomic E-state index is 0.126. The number of thioether (sulfide) groups is 1. The molecule has 2 aliphatic heterocycles. The molecule has 2 aromatic rings. The second-order valence-electron chi connectivity index (χ2n) is 7.77. The van der Waals surface area contributed by atoms with Gasteiger partial charge in [0.15, 0.2) is 11.5 Å². The van der Waals surface area contributed by atoms with Crippen molar-refractivity contribution in [1.29, 1.82) is 0 Å². The Kier molecular flexibility index (Phi) is 8.27. The van der Waals surface area contributed by atoms with Gasteiger partial charge in [-0.25, -0.2) is 0 Å². The molecule has 0 aromatic heterocycles. The number of thiocarbonyl (C=S) groups is 1. The molecule has 1 fully saturated rings. The molecular weight excluding hydrogens is 510 g/mol. The van der Waals surface area contributed by atoms with Crippen molar-refractivity contribution in [1.82, 2.24) is 15.8 Å². The van der Waals surface area contributed by atoms with Crippen LogP contribution in [-0.2, 0) is 9.59 Å². The lowest BCUT2D eigenvalue weighted by atomic mass is 10.1. The number of hydrogen-bond donors (Lipinski definition) is 2. The fraction of sp³-hybridized carbons (Fsp3) is 0.250. The van der Waals surface area contributed by atoms with E-state index in [1.165, 1.54) is 17.8 Å². The quantitative estimate of drug-likeness (QED) is 0.227. The molecule has 11 heteroatoms. The molecule has 0 spiro atoms. The second kappa shape index (κ2) is 11.6. The molecule has 4 rings (SSSR count). The van der Waals surface area contributed by atoms with Crippen molar-refractivity contribution in [3.8, 4) is 11.5 Å². The average Bonchev–Trinajstić information content (AvgIpc) is 3.41. The largest absolute Gasteiger partial charge is 0.454 e. The van der Waals surface area contributed by atoms with Gasteiger partial charge in [0.05, 0.1) is 4.91 Å². The topological polar surface area (TPSA) is 97.0 Å². The minimum atomic E-state index is -0.441. The van der Waals surface area contributed by atoms with E-state index in [9.17, 15) is 14.4 Å². The lowest BCUT2D eigenvalue weighted by molar-refractivity contribution is -0.123. The molecule has 35 heavy (non-hydrogen) atoms. The van der Waals surface area contributed by atoms with Gasteiger partial charge >= 0.3 is 0 Å². The molecule has 2 aromatic carbocycles. The second-order valence-corrected chi connectivity index (χ2v) is 9.88. The first-order chi connectivity index (χ1) is 16.9. The van der Waals surface area contributed by atoms with Crippen LogP contribution in [0.15, 0.2) is 47.4 Å². The summed E-state index contributed by atoms with van der Waals surface area (Å²) in [4.78, 5) is 39.0. The van der Waals surface area contributed by atoms with Crippen LogP contribution in [0.4, 0.5) is 0 Å². The minimum Gasteiger partial charge on any atom is -0.454 e. The smallest absolute Gasteiger partial charge is 0.269 e. The Balaban J connectivity index is 1.17. The van der Waals surface area contributed by atoms with Crippen molar-refractivity contribution >= 4 is 63.7 Å². The van der Waals surface area contributed by atoms with Crippen LogP contribution in [0, 0.1) is 0 Å². The molecule has 8 nitrogen and oxygen atoms in total. The van der Waals surface area contributed by atoms with Crippen molar-refractivity contribution in [3.05, 3.63) is 63.5 Å². The molecule has 0 saturated carbocycles. The van der Waals surface area contributed by atoms with E-state index >= 15 is 0 Å². The summed E-state index contributed by atoms with van der Waals surface area (Å²) in [5.41, 5.74) is 5.96. The van der Waals surface area contributed by atoms with Crippen LogP contribution in [0.5, 0.6) is 11.5 Å². The summed E-state index contributed by atoms with van der Waals surface area (Å²) in [5, 5.41) is 0.439. The number of nitrogens with one attached hydrogen (secondary N) is 2. The number of hydrogen-bond acceptors (Lipinski definition) is 7. The van der Waals surface area contributed by atoms with E-state index in [0.29, 0.717) is 50.7 Å². The van der Waals surface area contributed by atoms with E-state index in [1.807, 2.05) is 18.2 Å². The van der Waals surface area contributed by atoms with Crippen molar-refractivity contribution in [2.24, 2.45) is 0 Å². The summed E-state index contributed by atoms with van der Waals surface area (Å²) < 4.78 is 11.2. The highest BCUT2D eigenvalue weighted by Gasteiger charge is 2.31. The van der Waals surface area contributed by atoms with Crippen molar-refractivity contribution < 1.29 is 23.9 Å². The van der Waals surface area contributed by atoms with Crippen molar-refractivity contribution in [3.63, 3.8) is 0 Å². The monoisotopic (exact) mass is 531 g/mol. The summed E-state index contributed by atoms with van der Waals surface area (Å²) in [5.74, 6) is 0.481. The Hall–Kier alpha value is -3.08. The van der Waals surface area contributed by atoms with Gasteiger partial charge in [0, 0.05) is 23.6 Å². The van der Waals surface area contributed by atoms with Gasteiger partial charge in [0.1, 0.15) is 4.32 Å². The molecule has 0 unspecified atom stereocenters. The van der Waals surface area contributed by atoms with Gasteiger partial charge in [-0.15, -0.1) is 0 Å². The van der Waals surface area contributed by atoms with Gasteiger partial charge in [-0.05, 0) is 54.8 Å². The van der Waals surface area contributed by atoms with Crippen molar-refractivity contribution in [2.45, 2.75) is 25.7 Å². The SMILES string of the molecule is O=C(CCCCCN1C(=O)/C(=C/c2ccc3c(c2)OCO3)SC1=S)NNC(=O)c1cccc(Cl)c1. The number of benzene rings is 2. The Morgan fingerprint density at radius 3 is 2.74 bits per heavy atom. The summed E-state index contributed by atoms with van der Waals surface area (Å²) in [7, 11) is 0. The molecule has 2 aliphatic rings. The number of halogens is 1. The molecule has 0 atom stereocenters. The summed E-state index contributed by atoms with van der Waals surface area (Å²) in [6, 6.07) is 11.9. The maximum atomic E-state index is 12.8. The number of unbranched alkanes of at least 4 members (excludes halogenated alkanes) is 2. The van der Waals surface area contributed by atoms with Crippen LogP contribution in [0.25, 0.3) is 6.08 Å². The molecule has 182 valence electrons. The summed E-state index contributed by atoms with van der Waals surface area (Å²) in [6.07, 6.45) is 4.09. The highest BCUT2D eigenvalue weighted by atomic mass is 35.5. The fourth-order valence-electron chi connectivity index (χ4n) is 3.47. The van der Waals surface area contributed by atoms with Gasteiger partial charge in [0.2, 0.25) is 12.7 Å². The number of carbonyl (C=O) groups is 3. The average molecular weight is 532 g/mol. The summed E-state index contributed by atoms with van der Waals surface area (Å²) in [6.45, 7) is 0.677. The van der Waals surface area contributed by atoms with Gasteiger partial charge < -0.3 is 9.47 Å². The van der Waals surface area contributed by atoms with Crippen LogP contribution in [0.3, 0.4) is 0 Å². The number of rotatable bonds is 8. The van der Waals surface area contributed by atoms with Gasteiger partial charge in [-0.1, -0.05) is 54.1 Å². The molecule has 0 bridgehead atoms. The van der Waals surface area contributed by atoms with E-state index in [1.54, 1.807) is 29.2 Å². The van der Waals surface area contributed by atoms with Gasteiger partial charge in [0.25, 0.3) is 11.8 Å². The van der Waals surface area contributed by atoms with Crippen LogP contribution in [-0.4, -0.2) is 40.3 Å². The number of amides is 3. The Morgan fingerprint density at radius 1 is 1.09 bits per heavy atom. The highest BCUT2D eigenvalue weighted by Crippen LogP contribution is 2.36. The van der Waals surface area contributed by atoms with Crippen LogP contribution < -0.4 is 20.3 Å². The molecule has 3 amide bonds. The van der Waals surface area contributed by atoms with E-state index < -0.39 is 5.91 Å². The third kappa shape index (κ3) is 6.53. The predicted octanol–water partition coefficient (Wildman–Crippen LogP) is 4.29. The zero-order valence-electron chi connectivity index (χ0n) is 18.5. The standard InChI is InChI=1S/C24H22ClN3O5S2/c25-17-6-4-5-16(13-17)22(30)27-26-21(29)7-2-1-3-10-28-23(31)20(35-24(28)34)12-15-8-9-18-19(11-15)33-14-32-18/h4-6,8-9,11-13H,1-3,7,10,14H2,(H,26,29)(H,27,30)/b20-12-. The zero-order chi connectivity index (χ0) is 24.8.